The molecule has 1 rings (SSSR count). The summed E-state index contributed by atoms with van der Waals surface area (Å²) in [6.07, 6.45) is 0.351. The van der Waals surface area contributed by atoms with Crippen molar-refractivity contribution in [2.45, 2.75) is 19.3 Å². The molecule has 6 heteroatoms. The van der Waals surface area contributed by atoms with Crippen molar-refractivity contribution in [2.75, 3.05) is 32.7 Å². The fourth-order valence-corrected chi connectivity index (χ4v) is 1.92. The van der Waals surface area contributed by atoms with Crippen LogP contribution >= 0.6 is 0 Å². The van der Waals surface area contributed by atoms with Gasteiger partial charge in [-0.15, -0.1) is 0 Å². The molecule has 6 nitrogen and oxygen atoms in total. The summed E-state index contributed by atoms with van der Waals surface area (Å²) in [4.78, 5) is 24.9. The number of nitrogens with zero attached hydrogens (tertiary/aromatic N) is 2. The number of nitrogens with one attached hydrogen (secondary N) is 1. The number of hydrogen-bond acceptors (Lipinski definition) is 4. The van der Waals surface area contributed by atoms with Gasteiger partial charge in [-0.25, -0.2) is 0 Å². The van der Waals surface area contributed by atoms with Crippen molar-refractivity contribution in [1.29, 1.82) is 5.26 Å². The topological polar surface area (TPSA) is 88.7 Å². The van der Waals surface area contributed by atoms with Crippen LogP contribution in [0.15, 0.2) is 0 Å². The minimum atomic E-state index is -1.18. The molecule has 1 saturated heterocycles. The van der Waals surface area contributed by atoms with Gasteiger partial charge in [0.05, 0.1) is 45.2 Å². The third kappa shape index (κ3) is 4.83. The van der Waals surface area contributed by atoms with E-state index in [1.54, 1.807) is 4.90 Å². The molecular weight excluding hydrogens is 222 g/mol. The third-order valence-electron chi connectivity index (χ3n) is 2.96. The van der Waals surface area contributed by atoms with Gasteiger partial charge in [0.1, 0.15) is 0 Å². The second kappa shape index (κ2) is 6.86. The number of rotatable bonds is 5. The monoisotopic (exact) mass is 239 g/mol. The van der Waals surface area contributed by atoms with Gasteiger partial charge in [-0.2, -0.15) is 5.26 Å². The number of carboxylic acids is 1. The first-order chi connectivity index (χ1) is 8.13. The van der Waals surface area contributed by atoms with E-state index >= 15 is 0 Å². The molecule has 0 aromatic rings. The van der Waals surface area contributed by atoms with Crippen molar-refractivity contribution in [1.82, 2.24) is 4.90 Å². The molecule has 0 radical (unpaired) electrons. The maximum atomic E-state index is 11.6. The summed E-state index contributed by atoms with van der Waals surface area (Å²) in [5.74, 6) is -1.30. The molecule has 17 heavy (non-hydrogen) atoms. The smallest absolute Gasteiger partial charge is 0.223 e. The van der Waals surface area contributed by atoms with Crippen molar-refractivity contribution in [3.8, 4) is 6.07 Å². The molecule has 0 atom stereocenters. The normalized spacial score (nSPS) is 16.5. The van der Waals surface area contributed by atoms with Gasteiger partial charge in [-0.1, -0.05) is 0 Å². The van der Waals surface area contributed by atoms with Gasteiger partial charge in [-0.3, -0.25) is 4.79 Å². The highest BCUT2D eigenvalue weighted by Gasteiger charge is 2.22. The van der Waals surface area contributed by atoms with E-state index in [0.717, 1.165) is 19.6 Å². The zero-order chi connectivity index (χ0) is 12.7. The summed E-state index contributed by atoms with van der Waals surface area (Å²) in [7, 11) is 0. The minimum Gasteiger partial charge on any atom is -0.550 e. The van der Waals surface area contributed by atoms with Gasteiger partial charge in [0, 0.05) is 12.4 Å². The third-order valence-corrected chi connectivity index (χ3v) is 2.96. The molecule has 94 valence electrons. The van der Waals surface area contributed by atoms with Gasteiger partial charge < -0.3 is 19.7 Å². The summed E-state index contributed by atoms with van der Waals surface area (Å²) in [5, 5.41) is 18.7. The summed E-state index contributed by atoms with van der Waals surface area (Å²) < 4.78 is 0. The van der Waals surface area contributed by atoms with E-state index in [1.165, 1.54) is 4.90 Å². The Labute approximate surface area is 100 Å². The van der Waals surface area contributed by atoms with Crippen LogP contribution in [0.4, 0.5) is 0 Å². The van der Waals surface area contributed by atoms with Gasteiger partial charge in [0.25, 0.3) is 0 Å². The molecule has 1 N–H and O–H groups in total. The lowest BCUT2D eigenvalue weighted by Crippen LogP contribution is -3.14. The molecule has 1 aliphatic heterocycles. The lowest BCUT2D eigenvalue weighted by Gasteiger charge is -2.32. The predicted molar refractivity (Wildman–Crippen MR) is 56.6 cm³/mol. The van der Waals surface area contributed by atoms with Crippen LogP contribution in [-0.4, -0.2) is 49.5 Å². The zero-order valence-corrected chi connectivity index (χ0v) is 9.78. The van der Waals surface area contributed by atoms with E-state index in [1.807, 2.05) is 0 Å². The average Bonchev–Trinajstić information content (AvgIpc) is 2.34. The first-order valence-electron chi connectivity index (χ1n) is 5.81. The summed E-state index contributed by atoms with van der Waals surface area (Å²) in [5.41, 5.74) is 0. The molecule has 0 bridgehead atoms. The van der Waals surface area contributed by atoms with E-state index in [9.17, 15) is 14.7 Å². The van der Waals surface area contributed by atoms with Crippen molar-refractivity contribution in [2.24, 2.45) is 0 Å². The number of carboxylic acid groups (broad SMARTS) is 1. The molecule has 0 saturated carbocycles. The number of piperazine rings is 1. The van der Waals surface area contributed by atoms with Crippen molar-refractivity contribution in [3.05, 3.63) is 0 Å². The fraction of sp³-hybridized carbons (Fsp3) is 0.727. The van der Waals surface area contributed by atoms with Crippen molar-refractivity contribution in [3.63, 3.8) is 0 Å². The first-order valence-corrected chi connectivity index (χ1v) is 5.81. The quantitative estimate of drug-likeness (QED) is 0.559. The van der Waals surface area contributed by atoms with E-state index in [0.29, 0.717) is 19.5 Å². The van der Waals surface area contributed by atoms with Crippen molar-refractivity contribution >= 4 is 11.9 Å². The van der Waals surface area contributed by atoms with E-state index < -0.39 is 5.97 Å². The maximum absolute atomic E-state index is 11.6. The van der Waals surface area contributed by atoms with Gasteiger partial charge in [-0.05, 0) is 6.42 Å². The molecular formula is C11H17N3O3. The number of aliphatic carboxylic acids is 1. The van der Waals surface area contributed by atoms with Crippen LogP contribution in [0.1, 0.15) is 19.3 Å². The van der Waals surface area contributed by atoms with E-state index in [2.05, 4.69) is 6.07 Å². The van der Waals surface area contributed by atoms with Crippen LogP contribution in [0.5, 0.6) is 0 Å². The van der Waals surface area contributed by atoms with Crippen LogP contribution in [0.2, 0.25) is 0 Å². The second-order valence-electron chi connectivity index (χ2n) is 4.16. The zero-order valence-electron chi connectivity index (χ0n) is 9.78. The van der Waals surface area contributed by atoms with Gasteiger partial charge in [0.2, 0.25) is 5.91 Å². The van der Waals surface area contributed by atoms with Crippen LogP contribution in [0.25, 0.3) is 0 Å². The molecule has 0 spiro atoms. The Balaban J connectivity index is 2.24. The Morgan fingerprint density at radius 1 is 1.29 bits per heavy atom. The second-order valence-corrected chi connectivity index (χ2v) is 4.16. The highest BCUT2D eigenvalue weighted by molar-refractivity contribution is 5.80. The number of quaternary nitrogens is 1. The molecule has 1 amide bonds. The number of carbonyl (C=O) groups is 2. The van der Waals surface area contributed by atoms with E-state index in [-0.39, 0.29) is 18.7 Å². The molecule has 0 unspecified atom stereocenters. The Morgan fingerprint density at radius 3 is 2.47 bits per heavy atom. The highest BCUT2D eigenvalue weighted by atomic mass is 16.4. The minimum absolute atomic E-state index is 0.0237. The van der Waals surface area contributed by atoms with Crippen LogP contribution in [-0.2, 0) is 9.59 Å². The Bertz CT molecular complexity index is 316. The predicted octanol–water partition coefficient (Wildman–Crippen LogP) is -2.84. The lowest BCUT2D eigenvalue weighted by atomic mass is 10.2. The number of hydrogen-bond donors (Lipinski definition) is 1. The molecule has 0 aromatic heterocycles. The molecule has 0 aliphatic carbocycles. The van der Waals surface area contributed by atoms with Crippen molar-refractivity contribution < 1.29 is 19.6 Å². The van der Waals surface area contributed by atoms with Crippen LogP contribution < -0.4 is 10.0 Å². The first kappa shape index (κ1) is 13.5. The Hall–Kier alpha value is -1.61. The molecule has 1 aliphatic rings. The largest absolute Gasteiger partial charge is 0.550 e. The maximum Gasteiger partial charge on any atom is 0.223 e. The fourth-order valence-electron chi connectivity index (χ4n) is 1.92. The van der Waals surface area contributed by atoms with E-state index in [4.69, 9.17) is 5.26 Å². The van der Waals surface area contributed by atoms with Crippen LogP contribution in [0, 0.1) is 11.3 Å². The SMILES string of the molecule is N#CCC[NH+]1CCN(C(=O)CCC(=O)[O-])CC1. The van der Waals surface area contributed by atoms with Crippen LogP contribution in [0.3, 0.4) is 0 Å². The Kier molecular flexibility index (Phi) is 5.43. The summed E-state index contributed by atoms with van der Waals surface area (Å²) >= 11 is 0. The average molecular weight is 239 g/mol. The van der Waals surface area contributed by atoms with Gasteiger partial charge in [0.15, 0.2) is 0 Å². The molecule has 1 heterocycles. The summed E-state index contributed by atoms with van der Waals surface area (Å²) in [6.45, 7) is 3.77. The molecule has 1 fully saturated rings. The highest BCUT2D eigenvalue weighted by Crippen LogP contribution is 1.98. The number of amides is 1. The van der Waals surface area contributed by atoms with Gasteiger partial charge >= 0.3 is 0 Å². The standard InChI is InChI=1S/C11H17N3O3/c12-4-1-5-13-6-8-14(9-7-13)10(15)2-3-11(16)17/h1-3,5-9H2,(H,16,17). The number of nitriles is 1. The molecule has 0 aromatic carbocycles. The Morgan fingerprint density at radius 2 is 1.94 bits per heavy atom. The lowest BCUT2D eigenvalue weighted by molar-refractivity contribution is -0.903. The summed E-state index contributed by atoms with van der Waals surface area (Å²) in [6, 6.07) is 2.11. The number of carbonyl (C=O) groups excluding carboxylic acids is 2.